The Kier molecular flexibility index (Phi) is 7.19. The number of anilines is 2. The lowest BCUT2D eigenvalue weighted by Gasteiger charge is -2.11. The van der Waals surface area contributed by atoms with Gasteiger partial charge in [-0.3, -0.25) is 4.79 Å². The van der Waals surface area contributed by atoms with Crippen molar-refractivity contribution in [3.05, 3.63) is 51.9 Å². The molecule has 0 aliphatic rings. The molecule has 0 unspecified atom stereocenters. The van der Waals surface area contributed by atoms with Crippen molar-refractivity contribution in [1.82, 2.24) is 0 Å². The summed E-state index contributed by atoms with van der Waals surface area (Å²) in [6.45, 7) is 6.10. The van der Waals surface area contributed by atoms with Crippen LogP contribution in [0.25, 0.3) is 6.08 Å². The second kappa shape index (κ2) is 9.37. The van der Waals surface area contributed by atoms with Gasteiger partial charge in [-0.25, -0.2) is 4.79 Å². The number of nitrogens with zero attached hydrogens (tertiary/aromatic N) is 1. The third-order valence-corrected chi connectivity index (χ3v) is 5.22. The topological polar surface area (TPSA) is 58.6 Å². The van der Waals surface area contributed by atoms with Gasteiger partial charge in [0, 0.05) is 30.7 Å². The van der Waals surface area contributed by atoms with E-state index in [4.69, 9.17) is 4.74 Å². The second-order valence-corrected chi connectivity index (χ2v) is 7.66. The van der Waals surface area contributed by atoms with Gasteiger partial charge in [0.05, 0.1) is 12.2 Å². The lowest BCUT2D eigenvalue weighted by Crippen LogP contribution is -2.13. The second-order valence-electron chi connectivity index (χ2n) is 6.43. The van der Waals surface area contributed by atoms with Gasteiger partial charge in [-0.15, -0.1) is 11.3 Å². The molecule has 1 heterocycles. The average molecular weight is 387 g/mol. The van der Waals surface area contributed by atoms with Gasteiger partial charge in [-0.2, -0.15) is 0 Å². The summed E-state index contributed by atoms with van der Waals surface area (Å²) in [6.07, 6.45) is 3.97. The minimum Gasteiger partial charge on any atom is -0.462 e. The van der Waals surface area contributed by atoms with Gasteiger partial charge in [-0.05, 0) is 49.6 Å². The number of carbonyl (C=O) groups is 2. The first-order valence-electron chi connectivity index (χ1n) is 8.87. The highest BCUT2D eigenvalue weighted by molar-refractivity contribution is 7.16. The first-order valence-corrected chi connectivity index (χ1v) is 9.68. The van der Waals surface area contributed by atoms with Crippen LogP contribution < -0.4 is 10.2 Å². The number of carbonyl (C=O) groups excluding carboxylic acids is 2. The molecule has 1 aromatic carbocycles. The van der Waals surface area contributed by atoms with Crippen LogP contribution in [0.4, 0.5) is 10.7 Å². The molecule has 144 valence electrons. The van der Waals surface area contributed by atoms with Gasteiger partial charge in [0.25, 0.3) is 0 Å². The molecule has 5 nitrogen and oxygen atoms in total. The molecule has 0 saturated carbocycles. The van der Waals surface area contributed by atoms with E-state index in [9.17, 15) is 9.59 Å². The SMILES string of the molecule is CCCOC(=O)c1c(NC(=O)C=Cc2ccc(N(C)C)cc2)sc(C)c1C. The predicted molar refractivity (Wildman–Crippen MR) is 113 cm³/mol. The van der Waals surface area contributed by atoms with E-state index in [1.165, 1.54) is 17.4 Å². The summed E-state index contributed by atoms with van der Waals surface area (Å²) in [4.78, 5) is 27.6. The van der Waals surface area contributed by atoms with Gasteiger partial charge in [0.1, 0.15) is 5.00 Å². The van der Waals surface area contributed by atoms with Gasteiger partial charge in [-0.1, -0.05) is 19.1 Å². The molecule has 2 aromatic rings. The van der Waals surface area contributed by atoms with Crippen molar-refractivity contribution < 1.29 is 14.3 Å². The van der Waals surface area contributed by atoms with Gasteiger partial charge < -0.3 is 15.0 Å². The van der Waals surface area contributed by atoms with Crippen molar-refractivity contribution >= 4 is 40.0 Å². The number of aryl methyl sites for hydroxylation is 1. The Bertz CT molecular complexity index is 836. The highest BCUT2D eigenvalue weighted by atomic mass is 32.1. The number of rotatable bonds is 7. The summed E-state index contributed by atoms with van der Waals surface area (Å²) >= 11 is 1.39. The van der Waals surface area contributed by atoms with E-state index in [0.717, 1.165) is 28.1 Å². The number of nitrogens with one attached hydrogen (secondary N) is 1. The van der Waals surface area contributed by atoms with Crippen LogP contribution in [0.5, 0.6) is 0 Å². The van der Waals surface area contributed by atoms with E-state index >= 15 is 0 Å². The monoisotopic (exact) mass is 386 g/mol. The van der Waals surface area contributed by atoms with Gasteiger partial charge >= 0.3 is 5.97 Å². The van der Waals surface area contributed by atoms with Crippen molar-refractivity contribution in [3.63, 3.8) is 0 Å². The summed E-state index contributed by atoms with van der Waals surface area (Å²) < 4.78 is 5.25. The Morgan fingerprint density at radius 3 is 2.44 bits per heavy atom. The fourth-order valence-electron chi connectivity index (χ4n) is 2.44. The molecule has 0 radical (unpaired) electrons. The number of benzene rings is 1. The van der Waals surface area contributed by atoms with Crippen molar-refractivity contribution in [2.45, 2.75) is 27.2 Å². The smallest absolute Gasteiger partial charge is 0.341 e. The Labute approximate surface area is 164 Å². The van der Waals surface area contributed by atoms with Crippen LogP contribution in [0.2, 0.25) is 0 Å². The Hall–Kier alpha value is -2.60. The lowest BCUT2D eigenvalue weighted by molar-refractivity contribution is -0.111. The van der Waals surface area contributed by atoms with Crippen LogP contribution in [0.3, 0.4) is 0 Å². The third-order valence-electron chi connectivity index (χ3n) is 4.10. The number of amides is 1. The standard InChI is InChI=1S/C21H26N2O3S/c1-6-13-26-21(25)19-14(2)15(3)27-20(19)22-18(24)12-9-16-7-10-17(11-8-16)23(4)5/h7-12H,6,13H2,1-5H3,(H,22,24). The summed E-state index contributed by atoms with van der Waals surface area (Å²) in [5.41, 5.74) is 3.32. The third kappa shape index (κ3) is 5.44. The largest absolute Gasteiger partial charge is 0.462 e. The molecular formula is C21H26N2O3S. The first kappa shape index (κ1) is 20.7. The molecule has 0 aliphatic carbocycles. The van der Waals surface area contributed by atoms with Crippen LogP contribution in [-0.4, -0.2) is 32.6 Å². The molecular weight excluding hydrogens is 360 g/mol. The number of hydrogen-bond acceptors (Lipinski definition) is 5. The Morgan fingerprint density at radius 1 is 1.19 bits per heavy atom. The normalized spacial score (nSPS) is 10.9. The molecule has 0 bridgehead atoms. The molecule has 2 rings (SSSR count). The maximum absolute atomic E-state index is 12.3. The Balaban J connectivity index is 2.11. The van der Waals surface area contributed by atoms with Crippen molar-refractivity contribution in [2.24, 2.45) is 0 Å². The van der Waals surface area contributed by atoms with Crippen LogP contribution >= 0.6 is 11.3 Å². The molecule has 0 saturated heterocycles. The maximum Gasteiger partial charge on any atom is 0.341 e. The molecule has 1 amide bonds. The van der Waals surface area contributed by atoms with Crippen molar-refractivity contribution in [1.29, 1.82) is 0 Å². The van der Waals surface area contributed by atoms with Gasteiger partial charge in [0.15, 0.2) is 0 Å². The van der Waals surface area contributed by atoms with E-state index in [1.54, 1.807) is 6.08 Å². The molecule has 0 atom stereocenters. The summed E-state index contributed by atoms with van der Waals surface area (Å²) in [5, 5.41) is 3.34. The van der Waals surface area contributed by atoms with Crippen LogP contribution in [0, 0.1) is 13.8 Å². The average Bonchev–Trinajstić information content (AvgIpc) is 2.91. The lowest BCUT2D eigenvalue weighted by atomic mass is 10.1. The number of hydrogen-bond donors (Lipinski definition) is 1. The van der Waals surface area contributed by atoms with Crippen LogP contribution in [0.15, 0.2) is 30.3 Å². The zero-order valence-electron chi connectivity index (χ0n) is 16.5. The van der Waals surface area contributed by atoms with E-state index in [1.807, 2.05) is 64.0 Å². The van der Waals surface area contributed by atoms with Crippen molar-refractivity contribution in [2.75, 3.05) is 30.9 Å². The van der Waals surface area contributed by atoms with E-state index in [0.29, 0.717) is 17.2 Å². The first-order chi connectivity index (χ1) is 12.8. The molecule has 0 spiro atoms. The summed E-state index contributed by atoms with van der Waals surface area (Å²) in [5.74, 6) is -0.672. The number of esters is 1. The van der Waals surface area contributed by atoms with E-state index in [-0.39, 0.29) is 5.91 Å². The molecule has 1 N–H and O–H groups in total. The zero-order chi connectivity index (χ0) is 20.0. The maximum atomic E-state index is 12.3. The van der Waals surface area contributed by atoms with Crippen LogP contribution in [-0.2, 0) is 9.53 Å². The fourth-order valence-corrected chi connectivity index (χ4v) is 3.49. The molecule has 27 heavy (non-hydrogen) atoms. The molecule has 1 aromatic heterocycles. The molecule has 6 heteroatoms. The number of thiophene rings is 1. The zero-order valence-corrected chi connectivity index (χ0v) is 17.3. The van der Waals surface area contributed by atoms with Gasteiger partial charge in [0.2, 0.25) is 5.91 Å². The summed E-state index contributed by atoms with van der Waals surface area (Å²) in [7, 11) is 3.96. The van der Waals surface area contributed by atoms with Crippen molar-refractivity contribution in [3.8, 4) is 0 Å². The summed E-state index contributed by atoms with van der Waals surface area (Å²) in [6, 6.07) is 7.88. The van der Waals surface area contributed by atoms with E-state index < -0.39 is 5.97 Å². The quantitative estimate of drug-likeness (QED) is 0.556. The number of ether oxygens (including phenoxy) is 1. The predicted octanol–water partition coefficient (Wildman–Crippen LogP) is 4.65. The van der Waals surface area contributed by atoms with E-state index in [2.05, 4.69) is 5.32 Å². The molecule has 0 aliphatic heterocycles. The minimum atomic E-state index is -0.391. The fraction of sp³-hybridized carbons (Fsp3) is 0.333. The minimum absolute atomic E-state index is 0.280. The highest BCUT2D eigenvalue weighted by Crippen LogP contribution is 2.33. The Morgan fingerprint density at radius 2 is 1.85 bits per heavy atom. The molecule has 0 fully saturated rings. The van der Waals surface area contributed by atoms with Crippen LogP contribution in [0.1, 0.15) is 39.7 Å². The highest BCUT2D eigenvalue weighted by Gasteiger charge is 2.21.